The van der Waals surface area contributed by atoms with E-state index in [4.69, 9.17) is 0 Å². The number of aryl methyl sites for hydroxylation is 1. The molecular formula is C16H20O2S. The second-order valence-corrected chi connectivity index (χ2v) is 6.83. The molecule has 1 aliphatic rings. The van der Waals surface area contributed by atoms with Crippen LogP contribution < -0.4 is 0 Å². The molecule has 0 amide bonds. The Morgan fingerprint density at radius 1 is 1.11 bits per heavy atom. The van der Waals surface area contributed by atoms with Crippen LogP contribution in [0.2, 0.25) is 0 Å². The first-order valence-electron chi connectivity index (χ1n) is 6.33. The van der Waals surface area contributed by atoms with Crippen LogP contribution in [0.3, 0.4) is 0 Å². The summed E-state index contributed by atoms with van der Waals surface area (Å²) in [5, 5.41) is 20.3. The van der Waals surface area contributed by atoms with Crippen molar-refractivity contribution in [1.82, 2.24) is 0 Å². The minimum atomic E-state index is -1.77. The average molecular weight is 276 g/mol. The lowest BCUT2D eigenvalue weighted by Crippen LogP contribution is -2.46. The van der Waals surface area contributed by atoms with Crippen LogP contribution in [0.5, 0.6) is 0 Å². The number of allylic oxidation sites excluding steroid dienone is 1. The summed E-state index contributed by atoms with van der Waals surface area (Å²) in [5.41, 5.74) is 1.10. The lowest BCUT2D eigenvalue weighted by atomic mass is 9.76. The Balaban J connectivity index is 2.30. The van der Waals surface area contributed by atoms with E-state index in [2.05, 4.69) is 25.1 Å². The van der Waals surface area contributed by atoms with Gasteiger partial charge in [0, 0.05) is 15.2 Å². The fraction of sp³-hybridized carbons (Fsp3) is 0.375. The van der Waals surface area contributed by atoms with Crippen molar-refractivity contribution in [2.24, 2.45) is 5.41 Å². The van der Waals surface area contributed by atoms with Gasteiger partial charge in [0.15, 0.2) is 5.79 Å². The molecule has 1 aromatic carbocycles. The van der Waals surface area contributed by atoms with Gasteiger partial charge in [0.25, 0.3) is 0 Å². The summed E-state index contributed by atoms with van der Waals surface area (Å²) in [5.74, 6) is -1.77. The highest BCUT2D eigenvalue weighted by Gasteiger charge is 2.44. The van der Waals surface area contributed by atoms with Gasteiger partial charge in [-0.05, 0) is 37.6 Å². The summed E-state index contributed by atoms with van der Waals surface area (Å²) < 4.78 is 0. The van der Waals surface area contributed by atoms with E-state index in [1.807, 2.05) is 32.1 Å². The van der Waals surface area contributed by atoms with Gasteiger partial charge in [0.05, 0.1) is 0 Å². The number of hydrogen-bond acceptors (Lipinski definition) is 3. The summed E-state index contributed by atoms with van der Waals surface area (Å²) in [6.07, 6.45) is 3.77. The maximum atomic E-state index is 10.1. The molecule has 0 fully saturated rings. The molecule has 0 heterocycles. The summed E-state index contributed by atoms with van der Waals surface area (Å²) in [6.45, 7) is 7.49. The summed E-state index contributed by atoms with van der Waals surface area (Å²) >= 11 is 1.65. The van der Waals surface area contributed by atoms with Crippen LogP contribution in [-0.2, 0) is 0 Å². The summed E-state index contributed by atoms with van der Waals surface area (Å²) in [6, 6.07) is 8.29. The first-order chi connectivity index (χ1) is 8.72. The molecule has 0 saturated carbocycles. The van der Waals surface area contributed by atoms with Crippen LogP contribution in [-0.4, -0.2) is 16.0 Å². The van der Waals surface area contributed by atoms with Crippen LogP contribution in [0.4, 0.5) is 0 Å². The van der Waals surface area contributed by atoms with Crippen molar-refractivity contribution in [3.05, 3.63) is 52.5 Å². The molecule has 2 nitrogen and oxygen atoms in total. The fourth-order valence-electron chi connectivity index (χ4n) is 2.19. The molecule has 2 rings (SSSR count). The molecule has 3 heteroatoms. The average Bonchev–Trinajstić information content (AvgIpc) is 2.26. The third-order valence-electron chi connectivity index (χ3n) is 3.54. The number of rotatable bonds is 2. The van der Waals surface area contributed by atoms with Gasteiger partial charge in [-0.1, -0.05) is 49.4 Å². The number of hydrogen-bond donors (Lipinski definition) is 2. The predicted molar refractivity (Wildman–Crippen MR) is 79.8 cm³/mol. The van der Waals surface area contributed by atoms with Crippen molar-refractivity contribution in [2.75, 3.05) is 0 Å². The molecule has 0 radical (unpaired) electrons. The van der Waals surface area contributed by atoms with Crippen molar-refractivity contribution in [2.45, 2.75) is 38.4 Å². The van der Waals surface area contributed by atoms with Crippen LogP contribution in [0.15, 0.2) is 51.8 Å². The number of thioether (sulfide) groups is 1. The normalized spacial score (nSPS) is 20.7. The van der Waals surface area contributed by atoms with E-state index in [0.29, 0.717) is 5.57 Å². The Kier molecular flexibility index (Phi) is 3.65. The molecule has 0 bridgehead atoms. The standard InChI is InChI=1S/C16H20O2S/c1-11-6-5-7-13(8-11)19-14-9-12(2)16(17,18)15(3,4)10-14/h5-10,17-18H,1-4H3. The van der Waals surface area contributed by atoms with E-state index in [1.165, 1.54) is 5.56 Å². The second-order valence-electron chi connectivity index (χ2n) is 5.69. The van der Waals surface area contributed by atoms with Gasteiger partial charge < -0.3 is 10.2 Å². The highest BCUT2D eigenvalue weighted by Crippen LogP contribution is 2.44. The molecule has 0 aliphatic heterocycles. The molecule has 0 atom stereocenters. The van der Waals surface area contributed by atoms with Crippen molar-refractivity contribution in [3.8, 4) is 0 Å². The van der Waals surface area contributed by atoms with Gasteiger partial charge in [0.1, 0.15) is 0 Å². The Bertz CT molecular complexity index is 554. The molecule has 0 aromatic heterocycles. The van der Waals surface area contributed by atoms with E-state index in [-0.39, 0.29) is 0 Å². The van der Waals surface area contributed by atoms with Crippen molar-refractivity contribution >= 4 is 11.8 Å². The Morgan fingerprint density at radius 3 is 2.37 bits per heavy atom. The van der Waals surface area contributed by atoms with Gasteiger partial charge in [-0.3, -0.25) is 0 Å². The van der Waals surface area contributed by atoms with Gasteiger partial charge in [-0.2, -0.15) is 0 Å². The highest BCUT2D eigenvalue weighted by molar-refractivity contribution is 8.03. The Labute approximate surface area is 118 Å². The zero-order valence-corrected chi connectivity index (χ0v) is 12.6. The topological polar surface area (TPSA) is 40.5 Å². The van der Waals surface area contributed by atoms with Crippen LogP contribution >= 0.6 is 11.8 Å². The monoisotopic (exact) mass is 276 g/mol. The van der Waals surface area contributed by atoms with Gasteiger partial charge >= 0.3 is 0 Å². The molecule has 102 valence electrons. The molecule has 0 unspecified atom stereocenters. The van der Waals surface area contributed by atoms with Crippen molar-refractivity contribution in [1.29, 1.82) is 0 Å². The lowest BCUT2D eigenvalue weighted by molar-refractivity contribution is -0.188. The fourth-order valence-corrected chi connectivity index (χ4v) is 3.45. The number of benzene rings is 1. The first kappa shape index (κ1) is 14.4. The smallest absolute Gasteiger partial charge is 0.194 e. The Hall–Kier alpha value is -1.03. The molecule has 0 saturated heterocycles. The van der Waals surface area contributed by atoms with E-state index in [9.17, 15) is 10.2 Å². The molecule has 1 aliphatic carbocycles. The van der Waals surface area contributed by atoms with E-state index in [1.54, 1.807) is 18.7 Å². The second kappa shape index (κ2) is 4.82. The first-order valence-corrected chi connectivity index (χ1v) is 7.15. The minimum absolute atomic E-state index is 0.579. The van der Waals surface area contributed by atoms with Crippen LogP contribution in [0, 0.1) is 12.3 Å². The molecule has 2 N–H and O–H groups in total. The zero-order valence-electron chi connectivity index (χ0n) is 11.8. The Morgan fingerprint density at radius 2 is 1.79 bits per heavy atom. The van der Waals surface area contributed by atoms with Crippen LogP contribution in [0.1, 0.15) is 26.3 Å². The molecule has 19 heavy (non-hydrogen) atoms. The number of aliphatic hydroxyl groups is 2. The third-order valence-corrected chi connectivity index (χ3v) is 4.50. The molecule has 0 spiro atoms. The summed E-state index contributed by atoms with van der Waals surface area (Å²) in [7, 11) is 0. The van der Waals surface area contributed by atoms with Crippen LogP contribution in [0.25, 0.3) is 0 Å². The third kappa shape index (κ3) is 2.78. The van der Waals surface area contributed by atoms with Crippen molar-refractivity contribution < 1.29 is 10.2 Å². The van der Waals surface area contributed by atoms with E-state index < -0.39 is 11.2 Å². The van der Waals surface area contributed by atoms with Gasteiger partial charge in [-0.15, -0.1) is 0 Å². The zero-order chi connectivity index (χ0) is 14.3. The molecule has 1 aromatic rings. The van der Waals surface area contributed by atoms with Crippen molar-refractivity contribution in [3.63, 3.8) is 0 Å². The SMILES string of the molecule is CC1=CC(Sc2cccc(C)c2)=CC(C)(C)C1(O)O. The lowest BCUT2D eigenvalue weighted by Gasteiger charge is -2.40. The van der Waals surface area contributed by atoms with Gasteiger partial charge in [0.2, 0.25) is 0 Å². The van der Waals surface area contributed by atoms with E-state index in [0.717, 1.165) is 9.80 Å². The van der Waals surface area contributed by atoms with Gasteiger partial charge in [-0.25, -0.2) is 0 Å². The predicted octanol–water partition coefficient (Wildman–Crippen LogP) is 3.64. The largest absolute Gasteiger partial charge is 0.362 e. The quantitative estimate of drug-likeness (QED) is 0.810. The minimum Gasteiger partial charge on any atom is -0.362 e. The summed E-state index contributed by atoms with van der Waals surface area (Å²) in [4.78, 5) is 2.21. The highest BCUT2D eigenvalue weighted by atomic mass is 32.2. The maximum Gasteiger partial charge on any atom is 0.194 e. The van der Waals surface area contributed by atoms with E-state index >= 15 is 0 Å². The maximum absolute atomic E-state index is 10.1. The molecular weight excluding hydrogens is 256 g/mol.